The van der Waals surface area contributed by atoms with Crippen LogP contribution < -0.4 is 11.3 Å². The van der Waals surface area contributed by atoms with Crippen LogP contribution in [0.1, 0.15) is 13.8 Å². The van der Waals surface area contributed by atoms with E-state index >= 15 is 0 Å². The average Bonchev–Trinajstić information content (AvgIpc) is 2.01. The summed E-state index contributed by atoms with van der Waals surface area (Å²) in [7, 11) is 0. The fourth-order valence-corrected chi connectivity index (χ4v) is 0.562. The van der Waals surface area contributed by atoms with Gasteiger partial charge in [-0.3, -0.25) is 10.2 Å². The van der Waals surface area contributed by atoms with Crippen molar-refractivity contribution in [3.63, 3.8) is 0 Å². The third-order valence-corrected chi connectivity index (χ3v) is 1.38. The van der Waals surface area contributed by atoms with E-state index in [-0.39, 0.29) is 0 Å². The summed E-state index contributed by atoms with van der Waals surface area (Å²) in [6.45, 7) is 2.00. The van der Waals surface area contributed by atoms with Crippen molar-refractivity contribution in [2.75, 3.05) is 0 Å². The first-order valence-corrected chi connectivity index (χ1v) is 3.51. The van der Waals surface area contributed by atoms with Crippen molar-refractivity contribution in [2.24, 2.45) is 5.84 Å². The zero-order valence-electron chi connectivity index (χ0n) is 7.18. The molecule has 0 spiro atoms. The summed E-state index contributed by atoms with van der Waals surface area (Å²) in [5.41, 5.74) is 1.69. The predicted molar refractivity (Wildman–Crippen MR) is 38.4 cm³/mol. The second-order valence-corrected chi connectivity index (χ2v) is 2.47. The van der Waals surface area contributed by atoms with Crippen LogP contribution in [0.4, 0.5) is 13.2 Å². The number of hydrazine groups is 1. The molecule has 0 aliphatic heterocycles. The molecule has 3 N–H and O–H groups in total. The molecular formula is C6H11F3N2O2. The van der Waals surface area contributed by atoms with Crippen LogP contribution in [0.5, 0.6) is 0 Å². The Morgan fingerprint density at radius 1 is 1.46 bits per heavy atom. The quantitative estimate of drug-likeness (QED) is 0.392. The van der Waals surface area contributed by atoms with E-state index in [0.29, 0.717) is 0 Å². The van der Waals surface area contributed by atoms with Gasteiger partial charge in [-0.05, 0) is 13.8 Å². The second-order valence-electron chi connectivity index (χ2n) is 2.47. The monoisotopic (exact) mass is 200 g/mol. The first kappa shape index (κ1) is 12.2. The Morgan fingerprint density at radius 2 is 1.92 bits per heavy atom. The van der Waals surface area contributed by atoms with Crippen molar-refractivity contribution < 1.29 is 22.7 Å². The number of alkyl halides is 3. The SMILES string of the molecule is CC(OC(C)C(F)(F)F)C(=O)NN. The summed E-state index contributed by atoms with van der Waals surface area (Å²) >= 11 is 0. The molecule has 4 nitrogen and oxygen atoms in total. The Hall–Kier alpha value is -0.820. The van der Waals surface area contributed by atoms with Crippen LogP contribution in [0.3, 0.4) is 0 Å². The maximum Gasteiger partial charge on any atom is 0.414 e. The molecule has 2 atom stereocenters. The molecule has 0 aliphatic rings. The van der Waals surface area contributed by atoms with E-state index in [1.807, 2.05) is 0 Å². The van der Waals surface area contributed by atoms with E-state index in [1.165, 1.54) is 6.92 Å². The number of ether oxygens (including phenoxy) is 1. The van der Waals surface area contributed by atoms with E-state index in [4.69, 9.17) is 5.84 Å². The molecule has 78 valence electrons. The van der Waals surface area contributed by atoms with E-state index in [2.05, 4.69) is 4.74 Å². The van der Waals surface area contributed by atoms with Gasteiger partial charge in [0.25, 0.3) is 5.91 Å². The highest BCUT2D eigenvalue weighted by Gasteiger charge is 2.38. The van der Waals surface area contributed by atoms with Crippen LogP contribution in [0, 0.1) is 0 Å². The largest absolute Gasteiger partial charge is 0.414 e. The van der Waals surface area contributed by atoms with Gasteiger partial charge in [-0.1, -0.05) is 0 Å². The van der Waals surface area contributed by atoms with Gasteiger partial charge in [-0.15, -0.1) is 0 Å². The minimum Gasteiger partial charge on any atom is -0.356 e. The Morgan fingerprint density at radius 3 is 2.23 bits per heavy atom. The second kappa shape index (κ2) is 4.43. The fraction of sp³-hybridized carbons (Fsp3) is 0.833. The molecule has 0 rings (SSSR count). The van der Waals surface area contributed by atoms with Gasteiger partial charge < -0.3 is 4.74 Å². The van der Waals surface area contributed by atoms with Crippen LogP contribution in [-0.4, -0.2) is 24.3 Å². The smallest absolute Gasteiger partial charge is 0.356 e. The summed E-state index contributed by atoms with van der Waals surface area (Å²) < 4.78 is 40.0. The topological polar surface area (TPSA) is 64.3 Å². The maximum absolute atomic E-state index is 11.9. The molecule has 0 aromatic rings. The molecule has 2 unspecified atom stereocenters. The molecule has 0 saturated heterocycles. The highest BCUT2D eigenvalue weighted by Crippen LogP contribution is 2.23. The average molecular weight is 200 g/mol. The number of hydrogen-bond donors (Lipinski definition) is 2. The molecule has 7 heteroatoms. The highest BCUT2D eigenvalue weighted by atomic mass is 19.4. The molecule has 0 aromatic carbocycles. The van der Waals surface area contributed by atoms with Gasteiger partial charge in [-0.25, -0.2) is 5.84 Å². The number of rotatable bonds is 3. The van der Waals surface area contributed by atoms with Gasteiger partial charge in [-0.2, -0.15) is 13.2 Å². The summed E-state index contributed by atoms with van der Waals surface area (Å²) in [4.78, 5) is 10.6. The van der Waals surface area contributed by atoms with Gasteiger partial charge in [0.05, 0.1) is 0 Å². The minimum atomic E-state index is -4.47. The minimum absolute atomic E-state index is 0.795. The van der Waals surface area contributed by atoms with Gasteiger partial charge >= 0.3 is 6.18 Å². The van der Waals surface area contributed by atoms with Crippen LogP contribution in [-0.2, 0) is 9.53 Å². The number of nitrogens with one attached hydrogen (secondary N) is 1. The number of halogens is 3. The van der Waals surface area contributed by atoms with Crippen LogP contribution >= 0.6 is 0 Å². The molecule has 1 amide bonds. The van der Waals surface area contributed by atoms with Crippen LogP contribution in [0.15, 0.2) is 0 Å². The standard InChI is InChI=1S/C6H11F3N2O2/c1-3(5(12)11-10)13-4(2)6(7,8)9/h3-4H,10H2,1-2H3,(H,11,12). The van der Waals surface area contributed by atoms with Crippen molar-refractivity contribution in [2.45, 2.75) is 32.2 Å². The maximum atomic E-state index is 11.9. The zero-order valence-corrected chi connectivity index (χ0v) is 7.18. The summed E-state index contributed by atoms with van der Waals surface area (Å²) in [6.07, 6.45) is -7.68. The molecule has 13 heavy (non-hydrogen) atoms. The molecule has 0 heterocycles. The summed E-state index contributed by atoms with van der Waals surface area (Å²) in [5.74, 6) is 3.90. The van der Waals surface area contributed by atoms with Crippen LogP contribution in [0.2, 0.25) is 0 Å². The van der Waals surface area contributed by atoms with E-state index in [1.54, 1.807) is 5.43 Å². The van der Waals surface area contributed by atoms with Gasteiger partial charge in [0.15, 0.2) is 6.10 Å². The number of amides is 1. The Bertz CT molecular complexity index is 183. The predicted octanol–water partition coefficient (Wildman–Crippen LogP) is 0.332. The van der Waals surface area contributed by atoms with E-state index in [9.17, 15) is 18.0 Å². The molecule has 0 aliphatic carbocycles. The third kappa shape index (κ3) is 4.09. The Balaban J connectivity index is 4.06. The number of carbonyl (C=O) groups is 1. The van der Waals surface area contributed by atoms with Crippen LogP contribution in [0.25, 0.3) is 0 Å². The first-order chi connectivity index (χ1) is 5.79. The fourth-order valence-electron chi connectivity index (χ4n) is 0.562. The van der Waals surface area contributed by atoms with Crippen molar-refractivity contribution in [1.82, 2.24) is 5.43 Å². The highest BCUT2D eigenvalue weighted by molar-refractivity contribution is 5.79. The first-order valence-electron chi connectivity index (χ1n) is 3.51. The van der Waals surface area contributed by atoms with Crippen molar-refractivity contribution in [3.05, 3.63) is 0 Å². The van der Waals surface area contributed by atoms with Crippen molar-refractivity contribution in [1.29, 1.82) is 0 Å². The number of nitrogens with two attached hydrogens (primary N) is 1. The van der Waals surface area contributed by atoms with Crippen molar-refractivity contribution in [3.8, 4) is 0 Å². The van der Waals surface area contributed by atoms with E-state index < -0.39 is 24.3 Å². The zero-order chi connectivity index (χ0) is 10.6. The van der Waals surface area contributed by atoms with Gasteiger partial charge in [0.2, 0.25) is 0 Å². The molecule has 0 aromatic heterocycles. The lowest BCUT2D eigenvalue weighted by Gasteiger charge is -2.19. The lowest BCUT2D eigenvalue weighted by atomic mass is 10.3. The lowest BCUT2D eigenvalue weighted by Crippen LogP contribution is -2.42. The lowest BCUT2D eigenvalue weighted by molar-refractivity contribution is -0.224. The third-order valence-electron chi connectivity index (χ3n) is 1.38. The summed E-state index contributed by atoms with van der Waals surface area (Å²) in [6, 6.07) is 0. The molecular weight excluding hydrogens is 189 g/mol. The molecule has 0 radical (unpaired) electrons. The Labute approximate surface area is 73.2 Å². The molecule has 0 bridgehead atoms. The number of hydrogen-bond acceptors (Lipinski definition) is 3. The van der Waals surface area contributed by atoms with E-state index in [0.717, 1.165) is 6.92 Å². The normalized spacial score (nSPS) is 16.5. The van der Waals surface area contributed by atoms with Crippen molar-refractivity contribution >= 4 is 5.91 Å². The molecule has 0 fully saturated rings. The van der Waals surface area contributed by atoms with Gasteiger partial charge in [0.1, 0.15) is 6.10 Å². The number of carbonyl (C=O) groups excluding carboxylic acids is 1. The van der Waals surface area contributed by atoms with Gasteiger partial charge in [0, 0.05) is 0 Å². The Kier molecular flexibility index (Phi) is 4.15. The summed E-state index contributed by atoms with van der Waals surface area (Å²) in [5, 5.41) is 0. The molecule has 0 saturated carbocycles.